The summed E-state index contributed by atoms with van der Waals surface area (Å²) < 4.78 is 5.40. The average molecular weight is 506 g/mol. The van der Waals surface area contributed by atoms with E-state index in [0.29, 0.717) is 43.6 Å². The lowest BCUT2D eigenvalue weighted by molar-refractivity contribution is -0.159. The van der Waals surface area contributed by atoms with E-state index in [1.165, 1.54) is 11.8 Å². The molecule has 1 aromatic carbocycles. The molecule has 0 saturated carbocycles. The first-order valence-corrected chi connectivity index (χ1v) is 13.1. The third kappa shape index (κ3) is 6.37. The highest BCUT2D eigenvalue weighted by molar-refractivity contribution is 7.09. The minimum Gasteiger partial charge on any atom is -0.447 e. The van der Waals surface area contributed by atoms with Gasteiger partial charge in [-0.25, -0.2) is 0 Å². The lowest BCUT2D eigenvalue weighted by atomic mass is 9.89. The van der Waals surface area contributed by atoms with Gasteiger partial charge in [0.05, 0.1) is 11.3 Å². The summed E-state index contributed by atoms with van der Waals surface area (Å²) in [6.07, 6.45) is 1.20. The van der Waals surface area contributed by atoms with Crippen molar-refractivity contribution >= 4 is 29.1 Å². The lowest BCUT2D eigenvalue weighted by Gasteiger charge is -2.34. The molecule has 1 atom stereocenters. The van der Waals surface area contributed by atoms with Gasteiger partial charge in [-0.15, -0.1) is 11.3 Å². The van der Waals surface area contributed by atoms with Crippen molar-refractivity contribution in [3.63, 3.8) is 0 Å². The number of hydrogen-bond acceptors (Lipinski definition) is 6. The predicted molar refractivity (Wildman–Crippen MR) is 139 cm³/mol. The molecular weight excluding hydrogens is 474 g/mol. The van der Waals surface area contributed by atoms with Crippen LogP contribution in [0.1, 0.15) is 64.0 Å². The van der Waals surface area contributed by atoms with Gasteiger partial charge in [0.25, 0.3) is 11.8 Å². The predicted octanol–water partition coefficient (Wildman–Crippen LogP) is 4.43. The van der Waals surface area contributed by atoms with E-state index < -0.39 is 12.1 Å². The van der Waals surface area contributed by atoms with Gasteiger partial charge >= 0.3 is 5.97 Å². The molecule has 0 unspecified atom stereocenters. The summed E-state index contributed by atoms with van der Waals surface area (Å²) >= 11 is 1.68. The number of aromatic nitrogens is 1. The number of thiophene rings is 1. The Balaban J connectivity index is 1.42. The maximum absolute atomic E-state index is 13.3. The van der Waals surface area contributed by atoms with Crippen LogP contribution in [0.15, 0.2) is 60.0 Å². The Morgan fingerprint density at radius 3 is 2.50 bits per heavy atom. The fourth-order valence-electron chi connectivity index (χ4n) is 4.52. The number of nitrogens with one attached hydrogen (secondary N) is 1. The van der Waals surface area contributed by atoms with Crippen molar-refractivity contribution in [2.24, 2.45) is 0 Å². The molecule has 188 valence electrons. The molecular formula is C28H31N3O4S. The van der Waals surface area contributed by atoms with Crippen LogP contribution in [0.25, 0.3) is 0 Å². The first-order valence-electron chi connectivity index (χ1n) is 12.2. The fourth-order valence-corrected chi connectivity index (χ4v) is 5.23. The van der Waals surface area contributed by atoms with Crippen molar-refractivity contribution in [3.05, 3.63) is 87.4 Å². The molecule has 7 nitrogen and oxygen atoms in total. The van der Waals surface area contributed by atoms with Crippen LogP contribution in [0.4, 0.5) is 0 Å². The van der Waals surface area contributed by atoms with Crippen molar-refractivity contribution < 1.29 is 19.1 Å². The second kappa shape index (κ2) is 11.9. The van der Waals surface area contributed by atoms with Gasteiger partial charge in [0.2, 0.25) is 6.10 Å². The highest BCUT2D eigenvalue weighted by atomic mass is 32.1. The van der Waals surface area contributed by atoms with E-state index >= 15 is 0 Å². The van der Waals surface area contributed by atoms with E-state index in [-0.39, 0.29) is 17.7 Å². The second-order valence-electron chi connectivity index (χ2n) is 8.97. The molecule has 4 rings (SSSR count). The number of benzene rings is 1. The molecule has 0 spiro atoms. The van der Waals surface area contributed by atoms with Gasteiger partial charge in [-0.2, -0.15) is 0 Å². The first-order chi connectivity index (χ1) is 17.4. The summed E-state index contributed by atoms with van der Waals surface area (Å²) in [4.78, 5) is 45.7. The molecule has 1 N–H and O–H groups in total. The minimum absolute atomic E-state index is 0.0656. The number of carbonyl (C=O) groups is 3. The van der Waals surface area contributed by atoms with Gasteiger partial charge in [-0.05, 0) is 49.8 Å². The summed E-state index contributed by atoms with van der Waals surface area (Å²) in [5.41, 5.74) is 2.90. The first kappa shape index (κ1) is 25.6. The van der Waals surface area contributed by atoms with Crippen molar-refractivity contribution in [1.82, 2.24) is 15.2 Å². The minimum atomic E-state index is -0.956. The average Bonchev–Trinajstić information content (AvgIpc) is 3.41. The number of piperidine rings is 1. The molecule has 8 heteroatoms. The monoisotopic (exact) mass is 505 g/mol. The molecule has 2 aromatic heterocycles. The van der Waals surface area contributed by atoms with Crippen LogP contribution in [0.3, 0.4) is 0 Å². The molecule has 1 fully saturated rings. The quantitative estimate of drug-likeness (QED) is 0.458. The Labute approximate surface area is 215 Å². The van der Waals surface area contributed by atoms with E-state index in [0.717, 1.165) is 17.8 Å². The Kier molecular flexibility index (Phi) is 8.48. The van der Waals surface area contributed by atoms with Crippen molar-refractivity contribution in [3.8, 4) is 0 Å². The lowest BCUT2D eigenvalue weighted by Crippen LogP contribution is -2.42. The van der Waals surface area contributed by atoms with Crippen LogP contribution >= 0.6 is 11.3 Å². The number of pyridine rings is 1. The van der Waals surface area contributed by atoms with Crippen LogP contribution in [-0.2, 0) is 20.7 Å². The number of aryl methyl sites for hydroxylation is 1. The van der Waals surface area contributed by atoms with Crippen molar-refractivity contribution in [2.45, 2.75) is 45.1 Å². The van der Waals surface area contributed by atoms with E-state index in [2.05, 4.69) is 11.4 Å². The molecule has 3 aromatic rings. The molecule has 1 aliphatic heterocycles. The van der Waals surface area contributed by atoms with E-state index in [4.69, 9.17) is 9.72 Å². The zero-order valence-corrected chi connectivity index (χ0v) is 21.4. The zero-order chi connectivity index (χ0) is 25.5. The molecule has 3 heterocycles. The van der Waals surface area contributed by atoms with Gasteiger partial charge in [-0.3, -0.25) is 19.4 Å². The molecule has 1 saturated heterocycles. The number of nitrogens with zero attached hydrogens (tertiary/aromatic N) is 2. The summed E-state index contributed by atoms with van der Waals surface area (Å²) in [5, 5.41) is 5.06. The number of rotatable bonds is 8. The molecule has 2 amide bonds. The smallest absolute Gasteiger partial charge is 0.303 e. The Morgan fingerprint density at radius 2 is 1.83 bits per heavy atom. The molecule has 0 aliphatic carbocycles. The number of carbonyl (C=O) groups excluding carboxylic acids is 3. The third-order valence-electron chi connectivity index (χ3n) is 6.35. The van der Waals surface area contributed by atoms with Crippen molar-refractivity contribution in [2.75, 3.05) is 19.6 Å². The van der Waals surface area contributed by atoms with Crippen LogP contribution < -0.4 is 5.32 Å². The maximum Gasteiger partial charge on any atom is 0.303 e. The standard InChI is InChI=1S/C28H31N3O4S/c1-19-10-11-24(27(33)29-15-12-23-9-6-18-36-23)25(30-19)21-13-16-31(17-14-21)28(34)26(35-20(2)32)22-7-4-3-5-8-22/h3-11,18,21,26H,12-17H2,1-2H3,(H,29,33)/t26-/m0/s1. The second-order valence-corrected chi connectivity index (χ2v) is 10.0. The van der Waals surface area contributed by atoms with E-state index in [1.807, 2.05) is 48.7 Å². The summed E-state index contributed by atoms with van der Waals surface area (Å²) in [7, 11) is 0. The Hall–Kier alpha value is -3.52. The van der Waals surface area contributed by atoms with Crippen LogP contribution in [0, 0.1) is 6.92 Å². The molecule has 36 heavy (non-hydrogen) atoms. The van der Waals surface area contributed by atoms with E-state index in [1.54, 1.807) is 28.4 Å². The summed E-state index contributed by atoms with van der Waals surface area (Å²) in [6.45, 7) is 4.80. The van der Waals surface area contributed by atoms with Gasteiger partial charge in [-0.1, -0.05) is 36.4 Å². The van der Waals surface area contributed by atoms with Crippen LogP contribution in [-0.4, -0.2) is 47.3 Å². The largest absolute Gasteiger partial charge is 0.447 e. The van der Waals surface area contributed by atoms with Crippen molar-refractivity contribution in [1.29, 1.82) is 0 Å². The summed E-state index contributed by atoms with van der Waals surface area (Å²) in [5.74, 6) is -0.771. The number of likely N-dealkylation sites (tertiary alicyclic amines) is 1. The number of ether oxygens (including phenoxy) is 1. The Bertz CT molecular complexity index is 1190. The number of esters is 1. The van der Waals surface area contributed by atoms with Gasteiger partial charge < -0.3 is 15.0 Å². The fraction of sp³-hybridized carbons (Fsp3) is 0.357. The zero-order valence-electron chi connectivity index (χ0n) is 20.6. The van der Waals surface area contributed by atoms with Crippen LogP contribution in [0.5, 0.6) is 0 Å². The van der Waals surface area contributed by atoms with E-state index in [9.17, 15) is 14.4 Å². The highest BCUT2D eigenvalue weighted by Gasteiger charge is 2.33. The third-order valence-corrected chi connectivity index (χ3v) is 7.29. The Morgan fingerprint density at radius 1 is 1.08 bits per heavy atom. The van der Waals surface area contributed by atoms with Gasteiger partial charge in [0.1, 0.15) is 0 Å². The molecule has 0 bridgehead atoms. The van der Waals surface area contributed by atoms with Gasteiger partial charge in [0.15, 0.2) is 0 Å². The maximum atomic E-state index is 13.3. The van der Waals surface area contributed by atoms with Crippen LogP contribution in [0.2, 0.25) is 0 Å². The number of amides is 2. The molecule has 0 radical (unpaired) electrons. The number of hydrogen-bond donors (Lipinski definition) is 1. The normalized spacial score (nSPS) is 14.8. The van der Waals surface area contributed by atoms with Gasteiger partial charge in [0, 0.05) is 48.6 Å². The highest BCUT2D eigenvalue weighted by Crippen LogP contribution is 2.31. The SMILES string of the molecule is CC(=O)O[C@H](C(=O)N1CCC(c2nc(C)ccc2C(=O)NCCc2cccs2)CC1)c1ccccc1. The summed E-state index contributed by atoms with van der Waals surface area (Å²) in [6, 6.07) is 16.9. The topological polar surface area (TPSA) is 88.6 Å². The molecule has 1 aliphatic rings.